The molecule has 18 heavy (non-hydrogen) atoms. The van der Waals surface area contributed by atoms with Gasteiger partial charge in [-0.15, -0.1) is 0 Å². The van der Waals surface area contributed by atoms with E-state index in [4.69, 9.17) is 4.74 Å². The number of rotatable bonds is 2. The van der Waals surface area contributed by atoms with E-state index in [9.17, 15) is 0 Å². The SMILES string of the molecule is Cc1cccc(C)c1C1CNCC(C)(C(C)C)O1. The molecule has 0 saturated carbocycles. The summed E-state index contributed by atoms with van der Waals surface area (Å²) >= 11 is 0. The number of ether oxygens (including phenoxy) is 1. The van der Waals surface area contributed by atoms with E-state index in [0.29, 0.717) is 5.92 Å². The molecule has 1 aliphatic rings. The van der Waals surface area contributed by atoms with E-state index in [2.05, 4.69) is 58.1 Å². The summed E-state index contributed by atoms with van der Waals surface area (Å²) in [5.74, 6) is 0.511. The van der Waals surface area contributed by atoms with Crippen LogP contribution in [0.2, 0.25) is 0 Å². The van der Waals surface area contributed by atoms with Crippen molar-refractivity contribution in [1.82, 2.24) is 5.32 Å². The van der Waals surface area contributed by atoms with Crippen molar-refractivity contribution < 1.29 is 4.74 Å². The molecule has 0 amide bonds. The first-order chi connectivity index (χ1) is 8.44. The zero-order valence-electron chi connectivity index (χ0n) is 12.2. The maximum Gasteiger partial charge on any atom is 0.0962 e. The van der Waals surface area contributed by atoms with Crippen LogP contribution in [0.15, 0.2) is 18.2 Å². The van der Waals surface area contributed by atoms with E-state index in [-0.39, 0.29) is 11.7 Å². The molecule has 1 aromatic rings. The highest BCUT2D eigenvalue weighted by Gasteiger charge is 2.36. The van der Waals surface area contributed by atoms with Crippen LogP contribution in [-0.2, 0) is 4.74 Å². The van der Waals surface area contributed by atoms with Crippen LogP contribution in [0, 0.1) is 19.8 Å². The van der Waals surface area contributed by atoms with Crippen molar-refractivity contribution in [2.24, 2.45) is 5.92 Å². The Kier molecular flexibility index (Phi) is 3.79. The summed E-state index contributed by atoms with van der Waals surface area (Å²) in [6.07, 6.45) is 0.173. The summed E-state index contributed by atoms with van der Waals surface area (Å²) in [5.41, 5.74) is 3.94. The lowest BCUT2D eigenvalue weighted by atomic mass is 9.88. The molecule has 2 rings (SSSR count). The smallest absolute Gasteiger partial charge is 0.0962 e. The van der Waals surface area contributed by atoms with Gasteiger partial charge in [0.05, 0.1) is 11.7 Å². The van der Waals surface area contributed by atoms with Crippen molar-refractivity contribution >= 4 is 0 Å². The molecule has 0 aromatic heterocycles. The van der Waals surface area contributed by atoms with Crippen LogP contribution in [0.4, 0.5) is 0 Å². The van der Waals surface area contributed by atoms with Gasteiger partial charge < -0.3 is 10.1 Å². The van der Waals surface area contributed by atoms with E-state index >= 15 is 0 Å². The number of aryl methyl sites for hydroxylation is 2. The molecular formula is C16H25NO. The van der Waals surface area contributed by atoms with Gasteiger partial charge in [-0.1, -0.05) is 32.0 Å². The highest BCUT2D eigenvalue weighted by atomic mass is 16.5. The Morgan fingerprint density at radius 2 is 1.89 bits per heavy atom. The quantitative estimate of drug-likeness (QED) is 0.865. The van der Waals surface area contributed by atoms with E-state index in [0.717, 1.165) is 13.1 Å². The van der Waals surface area contributed by atoms with Gasteiger partial charge in [0, 0.05) is 13.1 Å². The summed E-state index contributed by atoms with van der Waals surface area (Å²) in [7, 11) is 0. The second kappa shape index (κ2) is 5.02. The monoisotopic (exact) mass is 247 g/mol. The summed E-state index contributed by atoms with van der Waals surface area (Å²) in [5, 5.41) is 3.53. The molecule has 1 heterocycles. The van der Waals surface area contributed by atoms with E-state index < -0.39 is 0 Å². The molecule has 1 fully saturated rings. The van der Waals surface area contributed by atoms with Crippen molar-refractivity contribution in [3.63, 3.8) is 0 Å². The third-order valence-electron chi connectivity index (χ3n) is 4.30. The molecule has 2 heteroatoms. The molecule has 100 valence electrons. The fraction of sp³-hybridized carbons (Fsp3) is 0.625. The fourth-order valence-corrected chi connectivity index (χ4v) is 2.70. The second-order valence-corrected chi connectivity index (χ2v) is 6.01. The number of nitrogens with one attached hydrogen (secondary N) is 1. The average molecular weight is 247 g/mol. The van der Waals surface area contributed by atoms with Crippen molar-refractivity contribution in [1.29, 1.82) is 0 Å². The van der Waals surface area contributed by atoms with Crippen LogP contribution < -0.4 is 5.32 Å². The first kappa shape index (κ1) is 13.6. The Balaban J connectivity index is 2.29. The second-order valence-electron chi connectivity index (χ2n) is 6.01. The van der Waals surface area contributed by atoms with Crippen LogP contribution in [0.3, 0.4) is 0 Å². The number of benzene rings is 1. The number of hydrogen-bond donors (Lipinski definition) is 1. The lowest BCUT2D eigenvalue weighted by Gasteiger charge is -2.43. The third-order valence-corrected chi connectivity index (χ3v) is 4.30. The number of hydrogen-bond acceptors (Lipinski definition) is 2. The molecule has 0 radical (unpaired) electrons. The predicted molar refractivity (Wildman–Crippen MR) is 75.9 cm³/mol. The normalized spacial score (nSPS) is 28.7. The Morgan fingerprint density at radius 1 is 1.28 bits per heavy atom. The Labute approximate surface area is 111 Å². The summed E-state index contributed by atoms with van der Waals surface area (Å²) in [4.78, 5) is 0. The Morgan fingerprint density at radius 3 is 2.44 bits per heavy atom. The minimum Gasteiger partial charge on any atom is -0.364 e. The standard InChI is InChI=1S/C16H25NO/c1-11(2)16(5)10-17-9-14(18-16)15-12(3)7-6-8-13(15)4/h6-8,11,14,17H,9-10H2,1-5H3. The predicted octanol–water partition coefficient (Wildman–Crippen LogP) is 3.38. The molecule has 2 nitrogen and oxygen atoms in total. The van der Waals surface area contributed by atoms with Gasteiger partial charge in [-0.25, -0.2) is 0 Å². The van der Waals surface area contributed by atoms with E-state index in [1.54, 1.807) is 0 Å². The van der Waals surface area contributed by atoms with Crippen molar-refractivity contribution in [3.8, 4) is 0 Å². The summed E-state index contributed by atoms with van der Waals surface area (Å²) in [6, 6.07) is 6.46. The highest BCUT2D eigenvalue weighted by molar-refractivity contribution is 5.36. The Hall–Kier alpha value is -0.860. The third kappa shape index (κ3) is 2.45. The molecule has 0 spiro atoms. The molecule has 2 atom stereocenters. The topological polar surface area (TPSA) is 21.3 Å². The molecule has 1 N–H and O–H groups in total. The lowest BCUT2D eigenvalue weighted by Crippen LogP contribution is -2.52. The molecular weight excluding hydrogens is 222 g/mol. The molecule has 2 unspecified atom stereocenters. The first-order valence-electron chi connectivity index (χ1n) is 6.88. The van der Waals surface area contributed by atoms with Crippen LogP contribution in [-0.4, -0.2) is 18.7 Å². The molecule has 0 aliphatic carbocycles. The Bertz CT molecular complexity index is 407. The van der Waals surface area contributed by atoms with Gasteiger partial charge in [0.1, 0.15) is 0 Å². The van der Waals surface area contributed by atoms with Crippen molar-refractivity contribution in [2.45, 2.75) is 46.3 Å². The zero-order chi connectivity index (χ0) is 13.3. The van der Waals surface area contributed by atoms with Gasteiger partial charge in [0.2, 0.25) is 0 Å². The molecule has 1 saturated heterocycles. The number of morpholine rings is 1. The average Bonchev–Trinajstić information content (AvgIpc) is 2.28. The molecule has 1 aromatic carbocycles. The first-order valence-corrected chi connectivity index (χ1v) is 6.88. The maximum atomic E-state index is 6.42. The minimum absolute atomic E-state index is 0.0718. The minimum atomic E-state index is -0.0718. The highest BCUT2D eigenvalue weighted by Crippen LogP contribution is 2.34. The molecule has 1 aliphatic heterocycles. The van der Waals surface area contributed by atoms with Gasteiger partial charge in [0.25, 0.3) is 0 Å². The van der Waals surface area contributed by atoms with Crippen LogP contribution in [0.5, 0.6) is 0 Å². The van der Waals surface area contributed by atoms with E-state index in [1.165, 1.54) is 16.7 Å². The molecule has 0 bridgehead atoms. The maximum absolute atomic E-state index is 6.42. The van der Waals surface area contributed by atoms with Gasteiger partial charge >= 0.3 is 0 Å². The fourth-order valence-electron chi connectivity index (χ4n) is 2.70. The van der Waals surface area contributed by atoms with Crippen LogP contribution in [0.1, 0.15) is 43.6 Å². The van der Waals surface area contributed by atoms with Gasteiger partial charge in [-0.2, -0.15) is 0 Å². The van der Waals surface area contributed by atoms with Gasteiger partial charge in [-0.05, 0) is 43.4 Å². The van der Waals surface area contributed by atoms with E-state index in [1.807, 2.05) is 0 Å². The summed E-state index contributed by atoms with van der Waals surface area (Å²) in [6.45, 7) is 12.9. The zero-order valence-corrected chi connectivity index (χ0v) is 12.2. The van der Waals surface area contributed by atoms with Crippen molar-refractivity contribution in [2.75, 3.05) is 13.1 Å². The summed E-state index contributed by atoms with van der Waals surface area (Å²) < 4.78 is 6.42. The van der Waals surface area contributed by atoms with Gasteiger partial charge in [0.15, 0.2) is 0 Å². The lowest BCUT2D eigenvalue weighted by molar-refractivity contribution is -0.132. The van der Waals surface area contributed by atoms with Gasteiger partial charge in [-0.3, -0.25) is 0 Å². The largest absolute Gasteiger partial charge is 0.364 e. The van der Waals surface area contributed by atoms with Crippen LogP contribution in [0.25, 0.3) is 0 Å². The van der Waals surface area contributed by atoms with Crippen molar-refractivity contribution in [3.05, 3.63) is 34.9 Å². The van der Waals surface area contributed by atoms with Crippen LogP contribution >= 0.6 is 0 Å².